The summed E-state index contributed by atoms with van der Waals surface area (Å²) in [6.07, 6.45) is -1.25. The van der Waals surface area contributed by atoms with Gasteiger partial charge in [0, 0.05) is 16.8 Å². The van der Waals surface area contributed by atoms with E-state index in [4.69, 9.17) is 5.73 Å². The van der Waals surface area contributed by atoms with Crippen LogP contribution in [0.25, 0.3) is 22.6 Å². The molecule has 0 aliphatic heterocycles. The Labute approximate surface area is 164 Å². The van der Waals surface area contributed by atoms with Crippen LogP contribution in [0.15, 0.2) is 60.9 Å². The second-order valence-corrected chi connectivity index (χ2v) is 6.47. The first-order valence-corrected chi connectivity index (χ1v) is 8.90. The molecule has 2 aromatic heterocycles. The van der Waals surface area contributed by atoms with Gasteiger partial charge < -0.3 is 5.73 Å². The molecule has 0 unspecified atom stereocenters. The fraction of sp³-hybridized carbons (Fsp3) is 0.150. The van der Waals surface area contributed by atoms with E-state index in [-0.39, 0.29) is 12.0 Å². The van der Waals surface area contributed by atoms with Gasteiger partial charge in [-0.2, -0.15) is 18.3 Å². The lowest BCUT2D eigenvalue weighted by atomic mass is 10.1. The van der Waals surface area contributed by atoms with E-state index in [2.05, 4.69) is 15.4 Å². The molecule has 2 aromatic carbocycles. The molecule has 0 aliphatic rings. The van der Waals surface area contributed by atoms with Crippen LogP contribution in [0.5, 0.6) is 0 Å². The van der Waals surface area contributed by atoms with Crippen molar-refractivity contribution in [3.63, 3.8) is 0 Å². The monoisotopic (exact) mass is 398 g/mol. The Bertz CT molecular complexity index is 1140. The molecule has 0 amide bonds. The fourth-order valence-corrected chi connectivity index (χ4v) is 3.11. The van der Waals surface area contributed by atoms with Gasteiger partial charge in [-0.1, -0.05) is 24.3 Å². The third-order valence-electron chi connectivity index (χ3n) is 4.53. The molecule has 4 rings (SSSR count). The molecule has 0 radical (unpaired) electrons. The first-order chi connectivity index (χ1) is 13.9. The number of aromatic nitrogens is 5. The number of rotatable bonds is 4. The first kappa shape index (κ1) is 18.7. The number of nitrogens with two attached hydrogens (primary N) is 1. The number of alkyl halides is 3. The highest BCUT2D eigenvalue weighted by Gasteiger charge is 2.38. The molecule has 0 bridgehead atoms. The van der Waals surface area contributed by atoms with Crippen molar-refractivity contribution in [1.29, 1.82) is 0 Å². The van der Waals surface area contributed by atoms with Gasteiger partial charge in [0.15, 0.2) is 5.69 Å². The average Bonchev–Trinajstić information content (AvgIpc) is 3.35. The highest BCUT2D eigenvalue weighted by molar-refractivity contribution is 5.63. The minimum absolute atomic E-state index is 0.157. The molecular weight excluding hydrogens is 381 g/mol. The van der Waals surface area contributed by atoms with Gasteiger partial charge in [-0.3, -0.25) is 0 Å². The van der Waals surface area contributed by atoms with E-state index in [0.717, 1.165) is 10.2 Å². The van der Waals surface area contributed by atoms with Crippen LogP contribution >= 0.6 is 0 Å². The van der Waals surface area contributed by atoms with Crippen molar-refractivity contribution in [1.82, 2.24) is 24.8 Å². The van der Waals surface area contributed by atoms with Crippen molar-refractivity contribution in [3.8, 4) is 22.6 Å². The number of anilines is 1. The Hall–Kier alpha value is -3.62. The SMILES string of the molecule is CCc1cnn(-c2ccc(-n3cc(-c4cccc(N)c4)nn3)cc2)c1C(F)(F)F. The molecule has 4 aromatic rings. The van der Waals surface area contributed by atoms with Crippen LogP contribution in [0.1, 0.15) is 18.2 Å². The van der Waals surface area contributed by atoms with Gasteiger partial charge in [-0.05, 0) is 42.8 Å². The van der Waals surface area contributed by atoms with Crippen LogP contribution in [-0.2, 0) is 12.6 Å². The molecule has 148 valence electrons. The largest absolute Gasteiger partial charge is 0.433 e. The number of hydrogen-bond donors (Lipinski definition) is 1. The number of aryl methyl sites for hydroxylation is 1. The van der Waals surface area contributed by atoms with Gasteiger partial charge in [0.05, 0.1) is 23.8 Å². The molecule has 0 spiro atoms. The molecule has 2 N–H and O–H groups in total. The smallest absolute Gasteiger partial charge is 0.399 e. The van der Waals surface area contributed by atoms with E-state index in [1.54, 1.807) is 54.2 Å². The average molecular weight is 398 g/mol. The predicted octanol–water partition coefficient (Wildman–Crippen LogP) is 4.28. The van der Waals surface area contributed by atoms with Crippen LogP contribution in [0.4, 0.5) is 18.9 Å². The number of halogens is 3. The van der Waals surface area contributed by atoms with Crippen molar-refractivity contribution < 1.29 is 13.2 Å². The van der Waals surface area contributed by atoms with E-state index < -0.39 is 11.9 Å². The zero-order valence-electron chi connectivity index (χ0n) is 15.4. The molecular formula is C20H17F3N6. The van der Waals surface area contributed by atoms with E-state index in [1.807, 2.05) is 12.1 Å². The zero-order valence-corrected chi connectivity index (χ0v) is 15.4. The van der Waals surface area contributed by atoms with E-state index in [0.29, 0.717) is 22.8 Å². The normalized spacial score (nSPS) is 11.7. The molecule has 0 fully saturated rings. The summed E-state index contributed by atoms with van der Waals surface area (Å²) in [6.45, 7) is 1.67. The van der Waals surface area contributed by atoms with Gasteiger partial charge in [0.25, 0.3) is 0 Å². The third-order valence-corrected chi connectivity index (χ3v) is 4.53. The van der Waals surface area contributed by atoms with E-state index >= 15 is 0 Å². The predicted molar refractivity (Wildman–Crippen MR) is 103 cm³/mol. The van der Waals surface area contributed by atoms with E-state index in [1.165, 1.54) is 6.20 Å². The standard InChI is InChI=1S/C20H17F3N6/c1-2-13-11-25-29(19(13)20(21,22)23)17-8-6-16(7-9-17)28-12-18(26-27-28)14-4-3-5-15(24)10-14/h3-12H,2,24H2,1H3. The summed E-state index contributed by atoms with van der Waals surface area (Å²) in [4.78, 5) is 0. The fourth-order valence-electron chi connectivity index (χ4n) is 3.11. The summed E-state index contributed by atoms with van der Waals surface area (Å²) < 4.78 is 42.8. The Morgan fingerprint density at radius 1 is 1.03 bits per heavy atom. The molecule has 0 atom stereocenters. The minimum atomic E-state index is -4.49. The zero-order chi connectivity index (χ0) is 20.6. The van der Waals surface area contributed by atoms with Crippen LogP contribution in [-0.4, -0.2) is 24.8 Å². The number of nitrogens with zero attached hydrogens (tertiary/aromatic N) is 5. The number of nitrogen functional groups attached to an aromatic ring is 1. The highest BCUT2D eigenvalue weighted by atomic mass is 19.4. The maximum atomic E-state index is 13.5. The van der Waals surface area contributed by atoms with Crippen LogP contribution in [0.3, 0.4) is 0 Å². The molecule has 29 heavy (non-hydrogen) atoms. The summed E-state index contributed by atoms with van der Waals surface area (Å²) in [5.41, 5.74) is 8.26. The van der Waals surface area contributed by atoms with Gasteiger partial charge in [0.2, 0.25) is 0 Å². The lowest BCUT2D eigenvalue weighted by Crippen LogP contribution is -2.15. The molecule has 0 aliphatic carbocycles. The molecule has 9 heteroatoms. The summed E-state index contributed by atoms with van der Waals surface area (Å²) >= 11 is 0. The molecule has 2 heterocycles. The molecule has 0 saturated carbocycles. The Morgan fingerprint density at radius 3 is 2.41 bits per heavy atom. The minimum Gasteiger partial charge on any atom is -0.399 e. The second kappa shape index (κ2) is 7.08. The van der Waals surface area contributed by atoms with Crippen molar-refractivity contribution >= 4 is 5.69 Å². The quantitative estimate of drug-likeness (QED) is 0.521. The van der Waals surface area contributed by atoms with Crippen molar-refractivity contribution in [2.75, 3.05) is 5.73 Å². The summed E-state index contributed by atoms with van der Waals surface area (Å²) in [5.74, 6) is 0. The van der Waals surface area contributed by atoms with Gasteiger partial charge in [-0.15, -0.1) is 5.10 Å². The Balaban J connectivity index is 1.66. The molecule has 6 nitrogen and oxygen atoms in total. The van der Waals surface area contributed by atoms with Crippen molar-refractivity contribution in [2.45, 2.75) is 19.5 Å². The van der Waals surface area contributed by atoms with Crippen LogP contribution < -0.4 is 5.73 Å². The van der Waals surface area contributed by atoms with Gasteiger partial charge >= 0.3 is 6.18 Å². The second-order valence-electron chi connectivity index (χ2n) is 6.47. The molecule has 0 saturated heterocycles. The first-order valence-electron chi connectivity index (χ1n) is 8.90. The third kappa shape index (κ3) is 3.58. The lowest BCUT2D eigenvalue weighted by molar-refractivity contribution is -0.143. The highest BCUT2D eigenvalue weighted by Crippen LogP contribution is 2.34. The van der Waals surface area contributed by atoms with Gasteiger partial charge in [0.1, 0.15) is 5.69 Å². The Morgan fingerprint density at radius 2 is 1.76 bits per heavy atom. The summed E-state index contributed by atoms with van der Waals surface area (Å²) in [5, 5.41) is 12.2. The van der Waals surface area contributed by atoms with E-state index in [9.17, 15) is 13.2 Å². The number of benzene rings is 2. The van der Waals surface area contributed by atoms with Gasteiger partial charge in [-0.25, -0.2) is 9.36 Å². The topological polar surface area (TPSA) is 74.5 Å². The maximum absolute atomic E-state index is 13.5. The Kier molecular flexibility index (Phi) is 4.57. The van der Waals surface area contributed by atoms with Crippen molar-refractivity contribution in [3.05, 3.63) is 72.2 Å². The summed E-state index contributed by atoms with van der Waals surface area (Å²) in [7, 11) is 0. The maximum Gasteiger partial charge on any atom is 0.433 e. The number of hydrogen-bond acceptors (Lipinski definition) is 4. The lowest BCUT2D eigenvalue weighted by Gasteiger charge is -2.12. The van der Waals surface area contributed by atoms with Crippen LogP contribution in [0, 0.1) is 0 Å². The van der Waals surface area contributed by atoms with Crippen LogP contribution in [0.2, 0.25) is 0 Å². The van der Waals surface area contributed by atoms with Crippen molar-refractivity contribution in [2.24, 2.45) is 0 Å². The summed E-state index contributed by atoms with van der Waals surface area (Å²) in [6, 6.07) is 13.7.